The first-order chi connectivity index (χ1) is 12.8. The van der Waals surface area contributed by atoms with Gasteiger partial charge in [0.2, 0.25) is 0 Å². The molecule has 2 atom stereocenters. The van der Waals surface area contributed by atoms with Crippen molar-refractivity contribution in [2.24, 2.45) is 0 Å². The van der Waals surface area contributed by atoms with Crippen molar-refractivity contribution in [1.29, 1.82) is 0 Å². The van der Waals surface area contributed by atoms with Crippen molar-refractivity contribution in [2.45, 2.75) is 23.5 Å². The van der Waals surface area contributed by atoms with Crippen molar-refractivity contribution < 1.29 is 27.9 Å². The van der Waals surface area contributed by atoms with Crippen LogP contribution in [0.15, 0.2) is 65.6 Å². The molecule has 0 saturated heterocycles. The van der Waals surface area contributed by atoms with E-state index < -0.39 is 39.6 Å². The maximum Gasteiger partial charge on any atom is 0.326 e. The first-order valence-corrected chi connectivity index (χ1v) is 9.89. The number of hydrogen-bond donors (Lipinski definition) is 2. The Bertz CT molecular complexity index is 868. The Morgan fingerprint density at radius 2 is 1.59 bits per heavy atom. The van der Waals surface area contributed by atoms with Gasteiger partial charge in [-0.15, -0.1) is 0 Å². The van der Waals surface area contributed by atoms with Crippen LogP contribution < -0.4 is 5.32 Å². The van der Waals surface area contributed by atoms with Gasteiger partial charge >= 0.3 is 5.97 Å². The van der Waals surface area contributed by atoms with Crippen molar-refractivity contribution in [1.82, 2.24) is 5.32 Å². The van der Waals surface area contributed by atoms with E-state index >= 15 is 0 Å². The Morgan fingerprint density at radius 1 is 1.04 bits per heavy atom. The van der Waals surface area contributed by atoms with Crippen molar-refractivity contribution >= 4 is 21.7 Å². The first-order valence-electron chi connectivity index (χ1n) is 8.24. The van der Waals surface area contributed by atoms with Gasteiger partial charge in [-0.2, -0.15) is 0 Å². The largest absolute Gasteiger partial charge is 0.480 e. The van der Waals surface area contributed by atoms with Gasteiger partial charge in [-0.3, -0.25) is 4.79 Å². The maximum absolute atomic E-state index is 12.4. The number of hydrogen-bond acceptors (Lipinski definition) is 5. The molecule has 0 fully saturated rings. The van der Waals surface area contributed by atoms with Gasteiger partial charge in [0, 0.05) is 7.11 Å². The predicted octanol–water partition coefficient (Wildman–Crippen LogP) is 1.81. The van der Waals surface area contributed by atoms with Crippen LogP contribution in [0, 0.1) is 0 Å². The molecule has 2 N–H and O–H groups in total. The van der Waals surface area contributed by atoms with Gasteiger partial charge in [0.25, 0.3) is 5.91 Å². The van der Waals surface area contributed by atoms with Crippen molar-refractivity contribution in [3.05, 3.63) is 66.2 Å². The molecule has 0 aliphatic carbocycles. The van der Waals surface area contributed by atoms with Crippen LogP contribution in [-0.4, -0.2) is 44.3 Å². The lowest BCUT2D eigenvalue weighted by Gasteiger charge is -2.19. The molecule has 2 rings (SSSR count). The standard InChI is InChI=1S/C19H21NO6S/c1-26-17(14-8-4-2-5-9-14)18(21)20-16(19(22)23)12-13-27(24,25)15-10-6-3-7-11-15/h2-11,16-17H,12-13H2,1H3,(H,20,21)(H,22,23)/t16-,17-/m1/s1. The molecule has 2 aromatic rings. The van der Waals surface area contributed by atoms with Crippen molar-refractivity contribution in [2.75, 3.05) is 12.9 Å². The fourth-order valence-electron chi connectivity index (χ4n) is 2.55. The topological polar surface area (TPSA) is 110 Å². The SMILES string of the molecule is CO[C@@H](C(=O)N[C@H](CCS(=O)(=O)c1ccccc1)C(=O)O)c1ccccc1. The molecule has 0 saturated carbocycles. The molecule has 0 aliphatic rings. The number of amides is 1. The van der Waals surface area contributed by atoms with Crippen LogP contribution in [0.4, 0.5) is 0 Å². The Balaban J connectivity index is 2.07. The number of aliphatic carboxylic acids is 1. The van der Waals surface area contributed by atoms with Gasteiger partial charge in [-0.1, -0.05) is 48.5 Å². The number of benzene rings is 2. The summed E-state index contributed by atoms with van der Waals surface area (Å²) in [4.78, 5) is 24.0. The zero-order valence-electron chi connectivity index (χ0n) is 14.7. The number of carbonyl (C=O) groups is 2. The number of carboxylic acid groups (broad SMARTS) is 1. The molecule has 1 amide bonds. The molecular weight excluding hydrogens is 370 g/mol. The van der Waals surface area contributed by atoms with E-state index in [1.807, 2.05) is 0 Å². The summed E-state index contributed by atoms with van der Waals surface area (Å²) in [6.45, 7) is 0. The molecule has 0 aromatic heterocycles. The second kappa shape index (κ2) is 9.29. The summed E-state index contributed by atoms with van der Waals surface area (Å²) in [5.41, 5.74) is 0.568. The van der Waals surface area contributed by atoms with E-state index in [4.69, 9.17) is 4.74 Å². The van der Waals surface area contributed by atoms with Gasteiger partial charge in [-0.05, 0) is 24.1 Å². The fraction of sp³-hybridized carbons (Fsp3) is 0.263. The predicted molar refractivity (Wildman–Crippen MR) is 98.9 cm³/mol. The van der Waals surface area contributed by atoms with E-state index in [-0.39, 0.29) is 11.3 Å². The highest BCUT2D eigenvalue weighted by molar-refractivity contribution is 7.91. The second-order valence-electron chi connectivity index (χ2n) is 5.85. The lowest BCUT2D eigenvalue weighted by atomic mass is 10.1. The van der Waals surface area contributed by atoms with E-state index in [2.05, 4.69) is 5.32 Å². The zero-order valence-corrected chi connectivity index (χ0v) is 15.6. The first kappa shape index (κ1) is 20.6. The molecule has 0 aliphatic heterocycles. The third-order valence-electron chi connectivity index (χ3n) is 3.97. The lowest BCUT2D eigenvalue weighted by molar-refractivity contribution is -0.144. The molecule has 8 heteroatoms. The van der Waals surface area contributed by atoms with Gasteiger partial charge in [0.05, 0.1) is 10.6 Å². The summed E-state index contributed by atoms with van der Waals surface area (Å²) in [6, 6.07) is 15.0. The van der Waals surface area contributed by atoms with Crippen LogP contribution in [0.3, 0.4) is 0 Å². The number of carbonyl (C=O) groups excluding carboxylic acids is 1. The van der Waals surface area contributed by atoms with Crippen LogP contribution in [0.5, 0.6) is 0 Å². The Hall–Kier alpha value is -2.71. The molecule has 0 unspecified atom stereocenters. The summed E-state index contributed by atoms with van der Waals surface area (Å²) in [5, 5.41) is 11.7. The maximum atomic E-state index is 12.4. The molecule has 0 radical (unpaired) electrons. The molecular formula is C19H21NO6S. The van der Waals surface area contributed by atoms with Crippen LogP contribution >= 0.6 is 0 Å². The summed E-state index contributed by atoms with van der Waals surface area (Å²) >= 11 is 0. The number of nitrogens with one attached hydrogen (secondary N) is 1. The van der Waals surface area contributed by atoms with Crippen LogP contribution in [0.25, 0.3) is 0 Å². The van der Waals surface area contributed by atoms with E-state index in [1.54, 1.807) is 48.5 Å². The molecule has 7 nitrogen and oxygen atoms in total. The number of rotatable bonds is 9. The third kappa shape index (κ3) is 5.63. The molecule has 144 valence electrons. The number of carboxylic acids is 1. The van der Waals surface area contributed by atoms with Gasteiger partial charge in [0.15, 0.2) is 15.9 Å². The average molecular weight is 391 g/mol. The number of ether oxygens (including phenoxy) is 1. The molecule has 0 heterocycles. The van der Waals surface area contributed by atoms with Gasteiger partial charge < -0.3 is 15.2 Å². The summed E-state index contributed by atoms with van der Waals surface area (Å²) in [7, 11) is -2.31. The molecule has 0 spiro atoms. The lowest BCUT2D eigenvalue weighted by Crippen LogP contribution is -2.44. The fourth-order valence-corrected chi connectivity index (χ4v) is 3.90. The van der Waals surface area contributed by atoms with E-state index in [9.17, 15) is 23.1 Å². The highest BCUT2D eigenvalue weighted by Gasteiger charge is 2.28. The smallest absolute Gasteiger partial charge is 0.326 e. The minimum absolute atomic E-state index is 0.111. The third-order valence-corrected chi connectivity index (χ3v) is 5.73. The van der Waals surface area contributed by atoms with Gasteiger partial charge in [0.1, 0.15) is 6.04 Å². The van der Waals surface area contributed by atoms with E-state index in [0.717, 1.165) is 0 Å². The monoisotopic (exact) mass is 391 g/mol. The Kier molecular flexibility index (Phi) is 7.09. The van der Waals surface area contributed by atoms with Gasteiger partial charge in [-0.25, -0.2) is 13.2 Å². The zero-order chi connectivity index (χ0) is 19.9. The highest BCUT2D eigenvalue weighted by atomic mass is 32.2. The minimum atomic E-state index is -3.65. The molecule has 0 bridgehead atoms. The average Bonchev–Trinajstić information content (AvgIpc) is 2.67. The summed E-state index contributed by atoms with van der Waals surface area (Å²) < 4.78 is 29.8. The van der Waals surface area contributed by atoms with Crippen molar-refractivity contribution in [3.8, 4) is 0 Å². The highest BCUT2D eigenvalue weighted by Crippen LogP contribution is 2.17. The number of methoxy groups -OCH3 is 1. The second-order valence-corrected chi connectivity index (χ2v) is 7.96. The van der Waals surface area contributed by atoms with Crippen LogP contribution in [0.1, 0.15) is 18.1 Å². The van der Waals surface area contributed by atoms with E-state index in [0.29, 0.717) is 5.56 Å². The van der Waals surface area contributed by atoms with Crippen LogP contribution in [0.2, 0.25) is 0 Å². The van der Waals surface area contributed by atoms with Crippen molar-refractivity contribution in [3.63, 3.8) is 0 Å². The molecule has 27 heavy (non-hydrogen) atoms. The summed E-state index contributed by atoms with van der Waals surface area (Å²) in [6.07, 6.45) is -1.25. The van der Waals surface area contributed by atoms with Crippen LogP contribution in [-0.2, 0) is 24.2 Å². The molecule has 2 aromatic carbocycles. The Labute approximate surface area is 157 Å². The van der Waals surface area contributed by atoms with E-state index in [1.165, 1.54) is 19.2 Å². The number of sulfone groups is 1. The Morgan fingerprint density at radius 3 is 2.11 bits per heavy atom. The summed E-state index contributed by atoms with van der Waals surface area (Å²) in [5.74, 6) is -2.36. The minimum Gasteiger partial charge on any atom is -0.480 e. The quantitative estimate of drug-likeness (QED) is 0.675. The normalized spacial score (nSPS) is 13.5.